The fourth-order valence-electron chi connectivity index (χ4n) is 5.82. The number of benzene rings is 4. The lowest BCUT2D eigenvalue weighted by atomic mass is 9.83. The summed E-state index contributed by atoms with van der Waals surface area (Å²) in [5.74, 6) is 1.63. The maximum atomic E-state index is 14.2. The number of aromatic nitrogens is 1. The van der Waals surface area contributed by atoms with Gasteiger partial charge in [-0.25, -0.2) is 4.99 Å². The Morgan fingerprint density at radius 3 is 2.51 bits per heavy atom. The Hall–Kier alpha value is -3.22. The van der Waals surface area contributed by atoms with Gasteiger partial charge < -0.3 is 9.47 Å². The zero-order valence-electron chi connectivity index (χ0n) is 23.2. The molecule has 214 valence electrons. The normalized spacial score (nSPS) is 15.8. The minimum atomic E-state index is -0.245. The molecule has 0 fully saturated rings. The second-order valence-corrected chi connectivity index (χ2v) is 13.8. The Balaban J connectivity index is 1.33. The molecule has 2 aliphatic rings. The number of halogens is 2. The van der Waals surface area contributed by atoms with Crippen LogP contribution in [-0.2, 0) is 13.0 Å². The molecule has 8 heteroatoms. The summed E-state index contributed by atoms with van der Waals surface area (Å²) in [6.45, 7) is 0.503. The minimum Gasteiger partial charge on any atom is -0.497 e. The molecule has 5 nitrogen and oxygen atoms in total. The van der Waals surface area contributed by atoms with E-state index in [1.54, 1.807) is 7.11 Å². The fraction of sp³-hybridized carbons (Fsp3) is 0.143. The summed E-state index contributed by atoms with van der Waals surface area (Å²) < 4.78 is 16.3. The number of aryl methyl sites for hydroxylation is 1. The molecule has 1 aliphatic heterocycles. The Bertz CT molecular complexity index is 2060. The van der Waals surface area contributed by atoms with Gasteiger partial charge in [0.15, 0.2) is 4.80 Å². The van der Waals surface area contributed by atoms with Crippen molar-refractivity contribution in [1.29, 1.82) is 0 Å². The molecule has 0 N–H and O–H groups in total. The summed E-state index contributed by atoms with van der Waals surface area (Å²) in [5, 5.41) is 0. The highest BCUT2D eigenvalue weighted by Crippen LogP contribution is 2.41. The van der Waals surface area contributed by atoms with Crippen LogP contribution < -0.4 is 24.4 Å². The van der Waals surface area contributed by atoms with Gasteiger partial charge in [-0.05, 0) is 116 Å². The second-order valence-electron chi connectivity index (χ2n) is 10.5. The lowest BCUT2D eigenvalue weighted by Crippen LogP contribution is -2.38. The van der Waals surface area contributed by atoms with Crippen molar-refractivity contribution in [3.8, 4) is 11.5 Å². The van der Waals surface area contributed by atoms with Crippen LogP contribution in [0.15, 0.2) is 106 Å². The summed E-state index contributed by atoms with van der Waals surface area (Å²) in [4.78, 5) is 20.0. The topological polar surface area (TPSA) is 52.8 Å². The van der Waals surface area contributed by atoms with Crippen LogP contribution in [0.25, 0.3) is 11.8 Å². The van der Waals surface area contributed by atoms with Crippen molar-refractivity contribution in [3.63, 3.8) is 0 Å². The molecule has 1 aliphatic carbocycles. The summed E-state index contributed by atoms with van der Waals surface area (Å²) in [5.41, 5.74) is 7.70. The molecule has 0 spiro atoms. The standard InChI is InChI=1S/C35H26I2N2O3S/c1-41-25-12-7-11-24(19-25)32-27-15-14-23-10-5-6-13-26(23)31(27)38-35-39(32)34(40)30(43-35)18-22-16-28(36)33(29(37)17-22)42-20-21-8-3-2-4-9-21/h2-13,16-19,32H,14-15,20H2,1H3/b30-18+/t32-/m0/s1. The van der Waals surface area contributed by atoms with Crippen LogP contribution in [0.5, 0.6) is 11.5 Å². The van der Waals surface area contributed by atoms with Gasteiger partial charge in [0.2, 0.25) is 0 Å². The second kappa shape index (κ2) is 12.0. The largest absolute Gasteiger partial charge is 0.497 e. The maximum Gasteiger partial charge on any atom is 0.271 e. The van der Waals surface area contributed by atoms with Crippen LogP contribution in [-0.4, -0.2) is 11.7 Å². The van der Waals surface area contributed by atoms with Gasteiger partial charge in [0.1, 0.15) is 18.1 Å². The van der Waals surface area contributed by atoms with E-state index < -0.39 is 0 Å². The average Bonchev–Trinajstić information content (AvgIpc) is 3.33. The lowest BCUT2D eigenvalue weighted by Gasteiger charge is -2.31. The van der Waals surface area contributed by atoms with Crippen LogP contribution in [0, 0.1) is 7.14 Å². The Kier molecular flexibility index (Phi) is 8.00. The molecule has 2 heterocycles. The molecule has 0 unspecified atom stereocenters. The predicted molar refractivity (Wildman–Crippen MR) is 188 cm³/mol. The first-order valence-corrected chi connectivity index (χ1v) is 16.9. The van der Waals surface area contributed by atoms with E-state index in [2.05, 4.69) is 99.8 Å². The third-order valence-electron chi connectivity index (χ3n) is 7.83. The summed E-state index contributed by atoms with van der Waals surface area (Å²) >= 11 is 6.08. The van der Waals surface area contributed by atoms with E-state index in [1.165, 1.54) is 22.5 Å². The number of nitrogens with zero attached hydrogens (tertiary/aromatic N) is 2. The number of hydrogen-bond donors (Lipinski definition) is 0. The van der Waals surface area contributed by atoms with Crippen LogP contribution in [0.4, 0.5) is 0 Å². The van der Waals surface area contributed by atoms with Gasteiger partial charge in [-0.3, -0.25) is 9.36 Å². The molecule has 0 radical (unpaired) electrons. The van der Waals surface area contributed by atoms with E-state index in [1.807, 2.05) is 47.0 Å². The molecule has 5 aromatic rings. The molecule has 0 amide bonds. The molecule has 0 saturated heterocycles. The average molecular weight is 808 g/mol. The van der Waals surface area contributed by atoms with Crippen molar-refractivity contribution < 1.29 is 9.47 Å². The van der Waals surface area contributed by atoms with Gasteiger partial charge in [0, 0.05) is 5.56 Å². The Morgan fingerprint density at radius 2 is 1.72 bits per heavy atom. The number of methoxy groups -OCH3 is 1. The van der Waals surface area contributed by atoms with E-state index in [9.17, 15) is 4.79 Å². The summed E-state index contributed by atoms with van der Waals surface area (Å²) in [6, 6.07) is 30.6. The van der Waals surface area contributed by atoms with Crippen molar-refractivity contribution >= 4 is 68.3 Å². The monoisotopic (exact) mass is 808 g/mol. The Morgan fingerprint density at radius 1 is 0.953 bits per heavy atom. The van der Waals surface area contributed by atoms with Crippen LogP contribution >= 0.6 is 56.5 Å². The maximum absolute atomic E-state index is 14.2. The van der Waals surface area contributed by atoms with E-state index in [0.717, 1.165) is 59.4 Å². The van der Waals surface area contributed by atoms with Gasteiger partial charge in [-0.1, -0.05) is 78.1 Å². The highest BCUT2D eigenvalue weighted by molar-refractivity contribution is 14.1. The van der Waals surface area contributed by atoms with Crippen molar-refractivity contribution in [3.05, 3.63) is 151 Å². The number of fused-ring (bicyclic) bond motifs is 3. The molecule has 7 rings (SSSR count). The SMILES string of the molecule is COc1cccc([C@H]2C3=C(N=c4s/c(=C/c5cc(I)c(OCc6ccccc6)c(I)c5)c(=O)n42)c2ccccc2CC3)c1. The number of thiazole rings is 1. The molecule has 4 aromatic carbocycles. The van der Waals surface area contributed by atoms with Gasteiger partial charge in [-0.15, -0.1) is 0 Å². The van der Waals surface area contributed by atoms with Crippen molar-refractivity contribution in [2.75, 3.05) is 7.11 Å². The van der Waals surface area contributed by atoms with Gasteiger partial charge in [0.25, 0.3) is 5.56 Å². The van der Waals surface area contributed by atoms with Gasteiger partial charge in [0.05, 0.1) is 30.5 Å². The number of ether oxygens (including phenoxy) is 2. The van der Waals surface area contributed by atoms with E-state index in [-0.39, 0.29) is 11.6 Å². The zero-order valence-corrected chi connectivity index (χ0v) is 28.4. The molecule has 0 bridgehead atoms. The first-order chi connectivity index (χ1) is 21.0. The van der Waals surface area contributed by atoms with E-state index in [4.69, 9.17) is 14.5 Å². The first-order valence-electron chi connectivity index (χ1n) is 13.9. The summed E-state index contributed by atoms with van der Waals surface area (Å²) in [6.07, 6.45) is 3.75. The first kappa shape index (κ1) is 28.5. The fourth-order valence-corrected chi connectivity index (χ4v) is 8.94. The van der Waals surface area contributed by atoms with Gasteiger partial charge >= 0.3 is 0 Å². The Labute approximate surface area is 280 Å². The van der Waals surface area contributed by atoms with Crippen molar-refractivity contribution in [2.24, 2.45) is 4.99 Å². The quantitative estimate of drug-likeness (QED) is 0.172. The van der Waals surface area contributed by atoms with Crippen LogP contribution in [0.1, 0.15) is 40.3 Å². The van der Waals surface area contributed by atoms with Gasteiger partial charge in [-0.2, -0.15) is 0 Å². The molecule has 1 atom stereocenters. The molecule has 43 heavy (non-hydrogen) atoms. The number of allylic oxidation sites excluding steroid dienone is 1. The van der Waals surface area contributed by atoms with E-state index in [0.29, 0.717) is 15.9 Å². The van der Waals surface area contributed by atoms with Crippen LogP contribution in [0.3, 0.4) is 0 Å². The lowest BCUT2D eigenvalue weighted by molar-refractivity contribution is 0.301. The molecule has 1 aromatic heterocycles. The number of hydrogen-bond acceptors (Lipinski definition) is 5. The minimum absolute atomic E-state index is 0.0311. The highest BCUT2D eigenvalue weighted by Gasteiger charge is 2.32. The number of rotatable bonds is 6. The smallest absolute Gasteiger partial charge is 0.271 e. The zero-order chi connectivity index (χ0) is 29.5. The van der Waals surface area contributed by atoms with Crippen LogP contribution in [0.2, 0.25) is 0 Å². The molecular formula is C35H26I2N2O3S. The molecular weight excluding hydrogens is 782 g/mol. The highest BCUT2D eigenvalue weighted by atomic mass is 127. The third-order valence-corrected chi connectivity index (χ3v) is 10.4. The third kappa shape index (κ3) is 5.49. The molecule has 0 saturated carbocycles. The van der Waals surface area contributed by atoms with Crippen molar-refractivity contribution in [2.45, 2.75) is 25.5 Å². The van der Waals surface area contributed by atoms with E-state index >= 15 is 0 Å². The summed E-state index contributed by atoms with van der Waals surface area (Å²) in [7, 11) is 1.67. The predicted octanol–water partition coefficient (Wildman–Crippen LogP) is 7.12. The van der Waals surface area contributed by atoms with Crippen molar-refractivity contribution in [1.82, 2.24) is 4.57 Å².